The number of likely N-dealkylation sites (N-methyl/N-ethyl adjacent to an activating group) is 1. The van der Waals surface area contributed by atoms with Gasteiger partial charge in [0.2, 0.25) is 0 Å². The van der Waals surface area contributed by atoms with Gasteiger partial charge in [0.25, 0.3) is 0 Å². The van der Waals surface area contributed by atoms with Gasteiger partial charge in [-0.25, -0.2) is 9.59 Å². The number of allylic oxidation sites excluding steroid dienone is 1. The molecule has 4 N–H and O–H groups in total. The van der Waals surface area contributed by atoms with Crippen LogP contribution in [0.1, 0.15) is 31.2 Å². The van der Waals surface area contributed by atoms with Crippen molar-refractivity contribution < 1.29 is 33.3 Å². The van der Waals surface area contributed by atoms with Crippen LogP contribution in [0.2, 0.25) is 0 Å². The van der Waals surface area contributed by atoms with Crippen LogP contribution in [0.15, 0.2) is 51.1 Å². The molecule has 2 atom stereocenters. The first-order valence-electron chi connectivity index (χ1n) is 13.0. The molecule has 2 aliphatic rings. The van der Waals surface area contributed by atoms with E-state index < -0.39 is 24.3 Å². The zero-order valence-corrected chi connectivity index (χ0v) is 23.1. The molecule has 4 rings (SSSR count). The molecule has 0 spiro atoms. The van der Waals surface area contributed by atoms with Crippen LogP contribution >= 0.6 is 0 Å². The van der Waals surface area contributed by atoms with Crippen LogP contribution in [0.4, 0.5) is 10.7 Å². The quantitative estimate of drug-likeness (QED) is 0.139. The van der Waals surface area contributed by atoms with Crippen molar-refractivity contribution in [3.05, 3.63) is 52.9 Å². The SMILES string of the molecule is CCOc1cc([C@H]2NC(=O)NC(C)=C2C(=O)OC)ccc1OC[C@H](O)N/N=C\c1ccc(N2CCN(C)CC2)o1. The smallest absolute Gasteiger partial charge is 0.337 e. The Bertz CT molecular complexity index is 1250. The molecular formula is C27H36N6O7. The number of rotatable bonds is 11. The van der Waals surface area contributed by atoms with Gasteiger partial charge in [-0.05, 0) is 44.7 Å². The highest BCUT2D eigenvalue weighted by molar-refractivity contribution is 5.95. The lowest BCUT2D eigenvalue weighted by molar-refractivity contribution is -0.136. The Kier molecular flexibility index (Phi) is 9.51. The molecule has 0 aliphatic carbocycles. The van der Waals surface area contributed by atoms with E-state index in [9.17, 15) is 14.7 Å². The third-order valence-corrected chi connectivity index (χ3v) is 6.51. The van der Waals surface area contributed by atoms with Crippen molar-refractivity contribution in [3.63, 3.8) is 0 Å². The average Bonchev–Trinajstić information content (AvgIpc) is 3.41. The third-order valence-electron chi connectivity index (χ3n) is 6.51. The van der Waals surface area contributed by atoms with Crippen molar-refractivity contribution >= 4 is 24.1 Å². The molecule has 1 aromatic carbocycles. The van der Waals surface area contributed by atoms with Crippen LogP contribution in [-0.4, -0.2) is 88.0 Å². The van der Waals surface area contributed by atoms with Crippen molar-refractivity contribution in [2.45, 2.75) is 26.1 Å². The second-order valence-corrected chi connectivity index (χ2v) is 9.38. The van der Waals surface area contributed by atoms with E-state index in [1.807, 2.05) is 19.1 Å². The number of hydrogen-bond donors (Lipinski definition) is 4. The number of methoxy groups -OCH3 is 1. The molecular weight excluding hydrogens is 520 g/mol. The summed E-state index contributed by atoms with van der Waals surface area (Å²) in [6, 6.07) is 7.59. The molecule has 0 radical (unpaired) electrons. The normalized spacial score (nSPS) is 18.8. The van der Waals surface area contributed by atoms with Crippen LogP contribution < -0.4 is 30.4 Å². The van der Waals surface area contributed by atoms with Crippen molar-refractivity contribution in [1.29, 1.82) is 0 Å². The third kappa shape index (κ3) is 7.04. The maximum Gasteiger partial charge on any atom is 0.337 e. The first kappa shape index (κ1) is 28.8. The van der Waals surface area contributed by atoms with E-state index in [0.29, 0.717) is 35.1 Å². The number of nitrogens with one attached hydrogen (secondary N) is 3. The molecule has 2 amide bonds. The Balaban J connectivity index is 1.36. The number of furan rings is 1. The van der Waals surface area contributed by atoms with E-state index in [4.69, 9.17) is 18.6 Å². The van der Waals surface area contributed by atoms with Gasteiger partial charge >= 0.3 is 12.0 Å². The van der Waals surface area contributed by atoms with Crippen molar-refractivity contribution in [3.8, 4) is 11.5 Å². The molecule has 13 nitrogen and oxygen atoms in total. The number of nitrogens with zero attached hydrogens (tertiary/aromatic N) is 3. The molecule has 2 aromatic rings. The number of hydrazone groups is 1. The standard InChI is InChI=1S/C27H36N6O7/c1-5-38-21-14-18(25-24(26(35)37-4)17(2)29-27(36)30-25)6-8-20(21)39-16-22(34)31-28-15-19-7-9-23(40-19)33-12-10-32(3)11-13-33/h6-9,14-15,22,25,31,34H,5,10-13,16H2,1-4H3,(H2,29,30,36)/b28-15-/t22-,25+/m0/s1. The number of benzene rings is 1. The largest absolute Gasteiger partial charge is 0.490 e. The van der Waals surface area contributed by atoms with Crippen LogP contribution in [0.5, 0.6) is 11.5 Å². The van der Waals surface area contributed by atoms with Crippen molar-refractivity contribution in [2.75, 3.05) is 58.5 Å². The van der Waals surface area contributed by atoms with Gasteiger partial charge in [0.05, 0.1) is 31.5 Å². The monoisotopic (exact) mass is 556 g/mol. The second kappa shape index (κ2) is 13.2. The number of aliphatic hydroxyl groups excluding tert-OH is 1. The first-order valence-corrected chi connectivity index (χ1v) is 13.0. The highest BCUT2D eigenvalue weighted by atomic mass is 16.5. The van der Waals surface area contributed by atoms with Gasteiger partial charge in [-0.2, -0.15) is 5.10 Å². The predicted molar refractivity (Wildman–Crippen MR) is 147 cm³/mol. The maximum absolute atomic E-state index is 12.4. The molecule has 0 saturated carbocycles. The molecule has 40 heavy (non-hydrogen) atoms. The number of anilines is 1. The molecule has 1 saturated heterocycles. The van der Waals surface area contributed by atoms with Gasteiger partial charge in [-0.1, -0.05) is 6.07 Å². The Labute approximate surface area is 232 Å². The number of esters is 1. The van der Waals surface area contributed by atoms with Crippen molar-refractivity contribution in [2.24, 2.45) is 5.10 Å². The summed E-state index contributed by atoms with van der Waals surface area (Å²) in [5, 5.41) is 19.7. The minimum absolute atomic E-state index is 0.127. The van der Waals surface area contributed by atoms with E-state index in [0.717, 1.165) is 32.1 Å². The van der Waals surface area contributed by atoms with Crippen molar-refractivity contribution in [1.82, 2.24) is 21.0 Å². The van der Waals surface area contributed by atoms with Crippen LogP contribution in [0, 0.1) is 0 Å². The topological polar surface area (TPSA) is 150 Å². The number of piperazine rings is 1. The molecule has 3 heterocycles. The lowest BCUT2D eigenvalue weighted by Crippen LogP contribution is -2.45. The molecule has 13 heteroatoms. The molecule has 0 unspecified atom stereocenters. The van der Waals surface area contributed by atoms with Crippen LogP contribution in [0.25, 0.3) is 0 Å². The Morgan fingerprint density at radius 1 is 1.23 bits per heavy atom. The summed E-state index contributed by atoms with van der Waals surface area (Å²) in [6.45, 7) is 7.43. The van der Waals surface area contributed by atoms with Crippen LogP contribution in [0.3, 0.4) is 0 Å². The van der Waals surface area contributed by atoms with E-state index in [1.165, 1.54) is 13.3 Å². The number of carbonyl (C=O) groups is 2. The summed E-state index contributed by atoms with van der Waals surface area (Å²) in [4.78, 5) is 29.0. The zero-order valence-electron chi connectivity index (χ0n) is 23.1. The van der Waals surface area contributed by atoms with Gasteiger partial charge in [0.1, 0.15) is 12.4 Å². The average molecular weight is 557 g/mol. The van der Waals surface area contributed by atoms with E-state index in [1.54, 1.807) is 25.1 Å². The predicted octanol–water partition coefficient (Wildman–Crippen LogP) is 1.55. The summed E-state index contributed by atoms with van der Waals surface area (Å²) >= 11 is 0. The summed E-state index contributed by atoms with van der Waals surface area (Å²) in [6.07, 6.45) is 0.378. The number of carbonyl (C=O) groups excluding carboxylic acids is 2. The second-order valence-electron chi connectivity index (χ2n) is 9.38. The molecule has 2 aliphatic heterocycles. The molecule has 0 bridgehead atoms. The summed E-state index contributed by atoms with van der Waals surface area (Å²) < 4.78 is 22.3. The van der Waals surface area contributed by atoms with Crippen LogP contribution in [-0.2, 0) is 9.53 Å². The number of ether oxygens (including phenoxy) is 3. The summed E-state index contributed by atoms with van der Waals surface area (Å²) in [7, 11) is 3.38. The van der Waals surface area contributed by atoms with E-state index >= 15 is 0 Å². The van der Waals surface area contributed by atoms with Gasteiger partial charge in [0.15, 0.2) is 23.6 Å². The van der Waals surface area contributed by atoms with E-state index in [2.05, 4.69) is 38.0 Å². The van der Waals surface area contributed by atoms with Gasteiger partial charge in [0, 0.05) is 37.9 Å². The Morgan fingerprint density at radius 2 is 2.00 bits per heavy atom. The lowest BCUT2D eigenvalue weighted by Gasteiger charge is -2.32. The summed E-state index contributed by atoms with van der Waals surface area (Å²) in [5.41, 5.74) is 3.89. The molecule has 1 fully saturated rings. The summed E-state index contributed by atoms with van der Waals surface area (Å²) in [5.74, 6) is 1.55. The Hall–Kier alpha value is -4.23. The Morgan fingerprint density at radius 3 is 2.73 bits per heavy atom. The van der Waals surface area contributed by atoms with Gasteiger partial charge < -0.3 is 44.2 Å². The molecule has 1 aromatic heterocycles. The fraction of sp³-hybridized carbons (Fsp3) is 0.444. The highest BCUT2D eigenvalue weighted by Crippen LogP contribution is 2.35. The maximum atomic E-state index is 12.4. The zero-order chi connectivity index (χ0) is 28.6. The fourth-order valence-corrected chi connectivity index (χ4v) is 4.42. The number of hydrogen-bond acceptors (Lipinski definition) is 11. The minimum Gasteiger partial charge on any atom is -0.490 e. The first-order chi connectivity index (χ1) is 19.3. The number of aliphatic hydroxyl groups is 1. The van der Waals surface area contributed by atoms with Gasteiger partial charge in [-0.3, -0.25) is 5.43 Å². The fourth-order valence-electron chi connectivity index (χ4n) is 4.42. The lowest BCUT2D eigenvalue weighted by atomic mass is 9.95. The van der Waals surface area contributed by atoms with Gasteiger partial charge in [-0.15, -0.1) is 0 Å². The number of amides is 2. The highest BCUT2D eigenvalue weighted by Gasteiger charge is 2.32. The number of urea groups is 1. The minimum atomic E-state index is -1.11. The van der Waals surface area contributed by atoms with E-state index in [-0.39, 0.29) is 12.2 Å². The molecule has 216 valence electrons.